The van der Waals surface area contributed by atoms with Crippen LogP contribution in [0.1, 0.15) is 22.5 Å². The van der Waals surface area contributed by atoms with Gasteiger partial charge in [0.15, 0.2) is 0 Å². The Morgan fingerprint density at radius 2 is 1.90 bits per heavy atom. The highest BCUT2D eigenvalue weighted by Crippen LogP contribution is 2.24. The number of halogens is 1. The molecule has 29 heavy (non-hydrogen) atoms. The van der Waals surface area contributed by atoms with Crippen molar-refractivity contribution in [3.05, 3.63) is 88.1 Å². The van der Waals surface area contributed by atoms with Crippen LogP contribution in [0.15, 0.2) is 60.6 Å². The molecule has 0 unspecified atom stereocenters. The first-order valence-corrected chi connectivity index (χ1v) is 9.50. The lowest BCUT2D eigenvalue weighted by atomic mass is 10.2. The first-order valence-electron chi connectivity index (χ1n) is 9.12. The van der Waals surface area contributed by atoms with Crippen molar-refractivity contribution in [1.29, 1.82) is 0 Å². The number of aryl methyl sites for hydroxylation is 1. The van der Waals surface area contributed by atoms with E-state index in [-0.39, 0.29) is 18.1 Å². The summed E-state index contributed by atoms with van der Waals surface area (Å²) in [7, 11) is 0. The first kappa shape index (κ1) is 19.0. The van der Waals surface area contributed by atoms with Crippen LogP contribution in [0.3, 0.4) is 0 Å². The monoisotopic (exact) mass is 406 g/mol. The van der Waals surface area contributed by atoms with Gasteiger partial charge in [0.2, 0.25) is 0 Å². The number of imide groups is 1. The summed E-state index contributed by atoms with van der Waals surface area (Å²) in [5, 5.41) is 3.29. The molecule has 4 rings (SSSR count). The van der Waals surface area contributed by atoms with Crippen LogP contribution in [0.25, 0.3) is 11.8 Å². The molecule has 6 nitrogen and oxygen atoms in total. The first-order chi connectivity index (χ1) is 13.9. The van der Waals surface area contributed by atoms with Crippen molar-refractivity contribution in [2.75, 3.05) is 0 Å². The van der Waals surface area contributed by atoms with E-state index in [2.05, 4.69) is 14.9 Å². The van der Waals surface area contributed by atoms with Gasteiger partial charge >= 0.3 is 6.03 Å². The summed E-state index contributed by atoms with van der Waals surface area (Å²) in [5.74, 6) is -0.351. The molecule has 0 bridgehead atoms. The van der Waals surface area contributed by atoms with Gasteiger partial charge in [0, 0.05) is 22.6 Å². The quantitative estimate of drug-likeness (QED) is 0.520. The Labute approximate surface area is 173 Å². The molecule has 1 saturated heterocycles. The molecule has 2 aromatic heterocycles. The molecule has 1 aliphatic rings. The SMILES string of the molecule is Cc1cc(/C=C2\NC(=O)N(Cc3ccc(Cl)cc3)C2=O)c(C)n1-c1cccnc1. The van der Waals surface area contributed by atoms with E-state index in [0.29, 0.717) is 5.02 Å². The molecule has 0 aliphatic carbocycles. The molecule has 1 fully saturated rings. The average Bonchev–Trinajstić information content (AvgIpc) is 3.14. The van der Waals surface area contributed by atoms with Crippen molar-refractivity contribution < 1.29 is 9.59 Å². The largest absolute Gasteiger partial charge is 0.329 e. The number of aromatic nitrogens is 2. The van der Waals surface area contributed by atoms with E-state index in [1.54, 1.807) is 42.7 Å². The van der Waals surface area contributed by atoms with E-state index in [0.717, 1.165) is 28.2 Å². The summed E-state index contributed by atoms with van der Waals surface area (Å²) >= 11 is 5.90. The highest BCUT2D eigenvalue weighted by molar-refractivity contribution is 6.30. The number of pyridine rings is 1. The Morgan fingerprint density at radius 3 is 2.59 bits per heavy atom. The second-order valence-electron chi connectivity index (χ2n) is 6.88. The fourth-order valence-electron chi connectivity index (χ4n) is 3.46. The molecule has 0 saturated carbocycles. The highest BCUT2D eigenvalue weighted by atomic mass is 35.5. The van der Waals surface area contributed by atoms with Crippen LogP contribution in [0.2, 0.25) is 5.02 Å². The van der Waals surface area contributed by atoms with Crippen molar-refractivity contribution >= 4 is 29.6 Å². The van der Waals surface area contributed by atoms with Crippen LogP contribution in [0, 0.1) is 13.8 Å². The van der Waals surface area contributed by atoms with E-state index >= 15 is 0 Å². The van der Waals surface area contributed by atoms with E-state index in [4.69, 9.17) is 11.6 Å². The number of benzene rings is 1. The van der Waals surface area contributed by atoms with Crippen molar-refractivity contribution in [2.24, 2.45) is 0 Å². The maximum absolute atomic E-state index is 12.8. The smallest absolute Gasteiger partial charge is 0.316 e. The zero-order valence-electron chi connectivity index (χ0n) is 16.0. The molecule has 3 heterocycles. The van der Waals surface area contributed by atoms with Gasteiger partial charge < -0.3 is 9.88 Å². The standard InChI is InChI=1S/C22H19ClN4O2/c1-14-10-17(15(2)27(14)19-4-3-9-24-12-19)11-20-21(28)26(22(29)25-20)13-16-5-7-18(23)8-6-16/h3-12H,13H2,1-2H3,(H,25,29)/b20-11-. The third-order valence-corrected chi connectivity index (χ3v) is 5.14. The van der Waals surface area contributed by atoms with E-state index in [1.807, 2.05) is 32.0 Å². The lowest BCUT2D eigenvalue weighted by Gasteiger charge is -2.11. The predicted molar refractivity (Wildman–Crippen MR) is 112 cm³/mol. The van der Waals surface area contributed by atoms with Crippen LogP contribution in [-0.2, 0) is 11.3 Å². The van der Waals surface area contributed by atoms with Crippen molar-refractivity contribution in [3.63, 3.8) is 0 Å². The van der Waals surface area contributed by atoms with Gasteiger partial charge in [0.05, 0.1) is 18.4 Å². The molecule has 146 valence electrons. The number of nitrogens with one attached hydrogen (secondary N) is 1. The number of hydrogen-bond donors (Lipinski definition) is 1. The van der Waals surface area contributed by atoms with Gasteiger partial charge in [0.25, 0.3) is 5.91 Å². The molecular weight excluding hydrogens is 388 g/mol. The Balaban J connectivity index is 1.62. The topological polar surface area (TPSA) is 67.2 Å². The van der Waals surface area contributed by atoms with Gasteiger partial charge in [-0.15, -0.1) is 0 Å². The molecule has 3 amide bonds. The lowest BCUT2D eigenvalue weighted by molar-refractivity contribution is -0.123. The minimum absolute atomic E-state index is 0.188. The summed E-state index contributed by atoms with van der Waals surface area (Å²) in [5.41, 5.74) is 4.87. The van der Waals surface area contributed by atoms with Crippen LogP contribution < -0.4 is 5.32 Å². The minimum atomic E-state index is -0.433. The Hall–Kier alpha value is -3.38. The summed E-state index contributed by atoms with van der Waals surface area (Å²) in [6, 6.07) is 12.5. The van der Waals surface area contributed by atoms with Gasteiger partial charge in [0.1, 0.15) is 5.70 Å². The summed E-state index contributed by atoms with van der Waals surface area (Å²) in [4.78, 5) is 30.5. The summed E-state index contributed by atoms with van der Waals surface area (Å²) in [6.45, 7) is 4.15. The molecule has 1 aromatic carbocycles. The Bertz CT molecular complexity index is 1120. The van der Waals surface area contributed by atoms with Gasteiger partial charge in [-0.3, -0.25) is 14.7 Å². The van der Waals surface area contributed by atoms with Crippen LogP contribution in [-0.4, -0.2) is 26.4 Å². The fourth-order valence-corrected chi connectivity index (χ4v) is 3.59. The second kappa shape index (κ2) is 7.56. The number of amides is 3. The fraction of sp³-hybridized carbons (Fsp3) is 0.136. The molecule has 0 spiro atoms. The molecule has 1 N–H and O–H groups in total. The van der Waals surface area contributed by atoms with Gasteiger partial charge in [-0.25, -0.2) is 4.79 Å². The van der Waals surface area contributed by atoms with E-state index < -0.39 is 6.03 Å². The van der Waals surface area contributed by atoms with Crippen LogP contribution in [0.5, 0.6) is 0 Å². The third kappa shape index (κ3) is 3.67. The van der Waals surface area contributed by atoms with Gasteiger partial charge in [-0.2, -0.15) is 0 Å². The van der Waals surface area contributed by atoms with Crippen molar-refractivity contribution in [1.82, 2.24) is 19.8 Å². The molecule has 7 heteroatoms. The summed E-state index contributed by atoms with van der Waals surface area (Å²) < 4.78 is 2.06. The van der Waals surface area contributed by atoms with Gasteiger partial charge in [-0.05, 0) is 61.4 Å². The number of carbonyl (C=O) groups is 2. The normalized spacial score (nSPS) is 15.3. The number of nitrogens with zero attached hydrogens (tertiary/aromatic N) is 3. The number of carbonyl (C=O) groups excluding carboxylic acids is 2. The highest BCUT2D eigenvalue weighted by Gasteiger charge is 2.33. The summed E-state index contributed by atoms with van der Waals surface area (Å²) in [6.07, 6.45) is 5.23. The van der Waals surface area contributed by atoms with Crippen molar-refractivity contribution in [3.8, 4) is 5.69 Å². The maximum atomic E-state index is 12.8. The zero-order valence-corrected chi connectivity index (χ0v) is 16.8. The predicted octanol–water partition coefficient (Wildman–Crippen LogP) is 4.24. The van der Waals surface area contributed by atoms with Crippen LogP contribution in [0.4, 0.5) is 4.79 Å². The number of rotatable bonds is 4. The molecule has 1 aliphatic heterocycles. The molecule has 0 atom stereocenters. The van der Waals surface area contributed by atoms with E-state index in [1.165, 1.54) is 4.90 Å². The van der Waals surface area contributed by atoms with E-state index in [9.17, 15) is 9.59 Å². The lowest BCUT2D eigenvalue weighted by Crippen LogP contribution is -2.30. The Kier molecular flexibility index (Phi) is 4.94. The molecule has 3 aromatic rings. The maximum Gasteiger partial charge on any atom is 0.329 e. The molecule has 0 radical (unpaired) electrons. The number of hydrogen-bond acceptors (Lipinski definition) is 3. The third-order valence-electron chi connectivity index (χ3n) is 4.89. The zero-order chi connectivity index (χ0) is 20.5. The van der Waals surface area contributed by atoms with Crippen LogP contribution >= 0.6 is 11.6 Å². The average molecular weight is 407 g/mol. The number of urea groups is 1. The van der Waals surface area contributed by atoms with Gasteiger partial charge in [-0.1, -0.05) is 23.7 Å². The Morgan fingerprint density at radius 1 is 1.14 bits per heavy atom. The minimum Gasteiger partial charge on any atom is -0.316 e. The van der Waals surface area contributed by atoms with Crippen molar-refractivity contribution in [2.45, 2.75) is 20.4 Å². The second-order valence-corrected chi connectivity index (χ2v) is 7.32. The molecular formula is C22H19ClN4O2.